The van der Waals surface area contributed by atoms with E-state index in [1.165, 1.54) is 7.11 Å². The number of nitrogens with zero attached hydrogens (tertiary/aromatic N) is 2. The molecular formula is C17H12BrN3O2. The van der Waals surface area contributed by atoms with Gasteiger partial charge in [0, 0.05) is 16.4 Å². The normalized spacial score (nSPS) is 10.5. The van der Waals surface area contributed by atoms with Crippen molar-refractivity contribution in [3.63, 3.8) is 0 Å². The van der Waals surface area contributed by atoms with Crippen LogP contribution in [0.15, 0.2) is 47.1 Å². The van der Waals surface area contributed by atoms with E-state index in [-0.39, 0.29) is 16.9 Å². The summed E-state index contributed by atoms with van der Waals surface area (Å²) in [5.74, 6) is -0.583. The molecule has 0 aliphatic carbocycles. The quantitative estimate of drug-likeness (QED) is 0.699. The number of nitrogen functional groups attached to an aromatic ring is 1. The Balaban J connectivity index is 2.24. The molecule has 0 spiro atoms. The summed E-state index contributed by atoms with van der Waals surface area (Å²) in [5.41, 5.74) is 7.15. The van der Waals surface area contributed by atoms with E-state index in [1.807, 2.05) is 42.5 Å². The Hall–Kier alpha value is -2.78. The summed E-state index contributed by atoms with van der Waals surface area (Å²) in [5, 5.41) is 11.2. The first kappa shape index (κ1) is 15.1. The number of methoxy groups -OCH3 is 1. The van der Waals surface area contributed by atoms with E-state index >= 15 is 0 Å². The minimum atomic E-state index is -0.583. The van der Waals surface area contributed by atoms with Gasteiger partial charge in [-0.3, -0.25) is 0 Å². The van der Waals surface area contributed by atoms with Gasteiger partial charge in [0.2, 0.25) is 0 Å². The molecule has 0 unspecified atom stereocenters. The lowest BCUT2D eigenvalue weighted by Crippen LogP contribution is -2.11. The van der Waals surface area contributed by atoms with Crippen LogP contribution in [0.3, 0.4) is 0 Å². The number of hydrogen-bond acceptors (Lipinski definition) is 4. The minimum absolute atomic E-state index is 0.121. The summed E-state index contributed by atoms with van der Waals surface area (Å²) in [4.78, 5) is 12.0. The van der Waals surface area contributed by atoms with Crippen LogP contribution in [0.4, 0.5) is 5.69 Å². The Morgan fingerprint density at radius 2 is 1.96 bits per heavy atom. The van der Waals surface area contributed by atoms with Crippen molar-refractivity contribution < 1.29 is 9.53 Å². The summed E-state index contributed by atoms with van der Waals surface area (Å²) in [6, 6.07) is 13.6. The Kier molecular flexibility index (Phi) is 3.80. The third-order valence-corrected chi connectivity index (χ3v) is 4.10. The Labute approximate surface area is 141 Å². The fraction of sp³-hybridized carbons (Fsp3) is 0.0588. The van der Waals surface area contributed by atoms with Gasteiger partial charge in [0.15, 0.2) is 5.69 Å². The number of hydrogen-bond donors (Lipinski definition) is 1. The number of carbonyl (C=O) groups is 1. The van der Waals surface area contributed by atoms with Crippen LogP contribution in [0.25, 0.3) is 16.5 Å². The predicted molar refractivity (Wildman–Crippen MR) is 91.4 cm³/mol. The SMILES string of the molecule is COC(=O)c1c(N)c(C#N)cn1-c1ccc2cc(Br)ccc2c1. The molecule has 0 atom stereocenters. The van der Waals surface area contributed by atoms with Crippen molar-refractivity contribution in [3.05, 3.63) is 58.3 Å². The van der Waals surface area contributed by atoms with E-state index < -0.39 is 5.97 Å². The summed E-state index contributed by atoms with van der Waals surface area (Å²) < 4.78 is 7.36. The number of aromatic nitrogens is 1. The molecule has 23 heavy (non-hydrogen) atoms. The highest BCUT2D eigenvalue weighted by Gasteiger charge is 2.21. The number of benzene rings is 2. The molecule has 3 aromatic rings. The second-order valence-electron chi connectivity index (χ2n) is 4.95. The maximum atomic E-state index is 12.0. The van der Waals surface area contributed by atoms with Crippen LogP contribution in [-0.4, -0.2) is 17.6 Å². The highest BCUT2D eigenvalue weighted by Crippen LogP contribution is 2.27. The van der Waals surface area contributed by atoms with Crippen LogP contribution in [0.1, 0.15) is 16.1 Å². The van der Waals surface area contributed by atoms with E-state index in [1.54, 1.807) is 10.8 Å². The number of anilines is 1. The van der Waals surface area contributed by atoms with Crippen molar-refractivity contribution in [3.8, 4) is 11.8 Å². The van der Waals surface area contributed by atoms with Crippen LogP contribution in [0.5, 0.6) is 0 Å². The van der Waals surface area contributed by atoms with Gasteiger partial charge >= 0.3 is 5.97 Å². The smallest absolute Gasteiger partial charge is 0.357 e. The first-order valence-electron chi connectivity index (χ1n) is 6.74. The maximum absolute atomic E-state index is 12.0. The van der Waals surface area contributed by atoms with Gasteiger partial charge < -0.3 is 15.0 Å². The first-order valence-corrected chi connectivity index (χ1v) is 7.53. The molecule has 5 nitrogen and oxygen atoms in total. The average molecular weight is 370 g/mol. The zero-order valence-corrected chi connectivity index (χ0v) is 13.8. The molecule has 0 saturated carbocycles. The van der Waals surface area contributed by atoms with Crippen LogP contribution >= 0.6 is 15.9 Å². The second-order valence-corrected chi connectivity index (χ2v) is 5.87. The predicted octanol–water partition coefficient (Wildman–Crippen LogP) is 3.63. The first-order chi connectivity index (χ1) is 11.0. The molecular weight excluding hydrogens is 358 g/mol. The fourth-order valence-electron chi connectivity index (χ4n) is 2.47. The molecule has 0 amide bonds. The highest BCUT2D eigenvalue weighted by molar-refractivity contribution is 9.10. The lowest BCUT2D eigenvalue weighted by atomic mass is 10.1. The van der Waals surface area contributed by atoms with Gasteiger partial charge in [-0.25, -0.2) is 4.79 Å². The topological polar surface area (TPSA) is 81.0 Å². The summed E-state index contributed by atoms with van der Waals surface area (Å²) in [6.07, 6.45) is 1.54. The zero-order chi connectivity index (χ0) is 16.6. The van der Waals surface area contributed by atoms with Gasteiger partial charge in [0.05, 0.1) is 18.4 Å². The Morgan fingerprint density at radius 1 is 1.26 bits per heavy atom. The number of rotatable bonds is 2. The summed E-state index contributed by atoms with van der Waals surface area (Å²) >= 11 is 3.44. The number of fused-ring (bicyclic) bond motifs is 1. The molecule has 3 rings (SSSR count). The minimum Gasteiger partial charge on any atom is -0.464 e. The van der Waals surface area contributed by atoms with Crippen molar-refractivity contribution in [2.75, 3.05) is 12.8 Å². The van der Waals surface area contributed by atoms with E-state index in [0.29, 0.717) is 0 Å². The number of halogens is 1. The van der Waals surface area contributed by atoms with E-state index in [0.717, 1.165) is 20.9 Å². The Bertz CT molecular complexity index is 970. The molecule has 0 aliphatic rings. The van der Waals surface area contributed by atoms with E-state index in [2.05, 4.69) is 15.9 Å². The van der Waals surface area contributed by atoms with Crippen molar-refractivity contribution in [1.82, 2.24) is 4.57 Å². The molecule has 1 aromatic heterocycles. The Morgan fingerprint density at radius 3 is 2.65 bits per heavy atom. The zero-order valence-electron chi connectivity index (χ0n) is 12.2. The summed E-state index contributed by atoms with van der Waals surface area (Å²) in [6.45, 7) is 0. The number of esters is 1. The molecule has 0 bridgehead atoms. The number of nitrogens with two attached hydrogens (primary N) is 1. The molecule has 114 valence electrons. The third-order valence-electron chi connectivity index (χ3n) is 3.61. The van der Waals surface area contributed by atoms with Crippen LogP contribution in [0, 0.1) is 11.3 Å². The largest absolute Gasteiger partial charge is 0.464 e. The number of nitriles is 1. The number of carbonyl (C=O) groups excluding carboxylic acids is 1. The monoisotopic (exact) mass is 369 g/mol. The molecule has 0 fully saturated rings. The van der Waals surface area contributed by atoms with Gasteiger partial charge in [-0.1, -0.05) is 28.1 Å². The molecule has 1 heterocycles. The van der Waals surface area contributed by atoms with Crippen molar-refractivity contribution >= 4 is 38.4 Å². The van der Waals surface area contributed by atoms with Gasteiger partial charge in [0.25, 0.3) is 0 Å². The lowest BCUT2D eigenvalue weighted by molar-refractivity contribution is 0.0593. The lowest BCUT2D eigenvalue weighted by Gasteiger charge is -2.09. The van der Waals surface area contributed by atoms with Crippen LogP contribution in [-0.2, 0) is 4.74 Å². The highest BCUT2D eigenvalue weighted by atomic mass is 79.9. The standard InChI is InChI=1S/C17H12BrN3O2/c1-23-17(22)16-15(20)12(8-19)9-21(16)14-5-3-10-6-13(18)4-2-11(10)7-14/h2-7,9H,20H2,1H3. The summed E-state index contributed by atoms with van der Waals surface area (Å²) in [7, 11) is 1.28. The van der Waals surface area contributed by atoms with E-state index in [9.17, 15) is 4.79 Å². The number of ether oxygens (including phenoxy) is 1. The average Bonchev–Trinajstić information content (AvgIpc) is 2.90. The van der Waals surface area contributed by atoms with E-state index in [4.69, 9.17) is 15.7 Å². The van der Waals surface area contributed by atoms with Gasteiger partial charge in [0.1, 0.15) is 6.07 Å². The van der Waals surface area contributed by atoms with Gasteiger partial charge in [-0.15, -0.1) is 0 Å². The molecule has 0 radical (unpaired) electrons. The van der Waals surface area contributed by atoms with Crippen molar-refractivity contribution in [1.29, 1.82) is 5.26 Å². The van der Waals surface area contributed by atoms with Crippen molar-refractivity contribution in [2.45, 2.75) is 0 Å². The van der Waals surface area contributed by atoms with Gasteiger partial charge in [-0.05, 0) is 35.0 Å². The second kappa shape index (κ2) is 5.78. The molecule has 0 saturated heterocycles. The third kappa shape index (κ3) is 2.56. The van der Waals surface area contributed by atoms with Crippen LogP contribution in [0.2, 0.25) is 0 Å². The molecule has 2 N–H and O–H groups in total. The maximum Gasteiger partial charge on any atom is 0.357 e. The van der Waals surface area contributed by atoms with Crippen molar-refractivity contribution in [2.24, 2.45) is 0 Å². The van der Waals surface area contributed by atoms with Gasteiger partial charge in [-0.2, -0.15) is 5.26 Å². The fourth-order valence-corrected chi connectivity index (χ4v) is 2.85. The molecule has 6 heteroatoms. The molecule has 0 aliphatic heterocycles. The molecule has 2 aromatic carbocycles. The van der Waals surface area contributed by atoms with Crippen LogP contribution < -0.4 is 5.73 Å².